The SMILES string of the molecule is CN(C)c1ccccc1OCOCC[Si](C)(C)C. The third-order valence-corrected chi connectivity index (χ3v) is 4.35. The van der Waals surface area contributed by atoms with Crippen molar-refractivity contribution in [3.8, 4) is 5.75 Å². The van der Waals surface area contributed by atoms with Crippen molar-refractivity contribution < 1.29 is 9.47 Å². The molecule has 1 aromatic carbocycles. The van der Waals surface area contributed by atoms with Crippen LogP contribution in [0.5, 0.6) is 5.75 Å². The predicted octanol–water partition coefficient (Wildman–Crippen LogP) is 3.44. The van der Waals surface area contributed by atoms with Crippen LogP contribution in [0.15, 0.2) is 24.3 Å². The molecule has 0 radical (unpaired) electrons. The second kappa shape index (κ2) is 6.80. The van der Waals surface area contributed by atoms with E-state index in [1.165, 1.54) is 6.04 Å². The van der Waals surface area contributed by atoms with Crippen molar-refractivity contribution in [1.82, 2.24) is 0 Å². The highest BCUT2D eigenvalue weighted by atomic mass is 28.3. The maximum atomic E-state index is 5.66. The molecule has 0 N–H and O–H groups in total. The van der Waals surface area contributed by atoms with Crippen LogP contribution in [-0.4, -0.2) is 35.6 Å². The maximum Gasteiger partial charge on any atom is 0.189 e. The molecule has 0 heterocycles. The van der Waals surface area contributed by atoms with Gasteiger partial charge in [-0.05, 0) is 18.2 Å². The highest BCUT2D eigenvalue weighted by Gasteiger charge is 2.12. The minimum absolute atomic E-state index is 0.329. The van der Waals surface area contributed by atoms with Crippen LogP contribution in [0.1, 0.15) is 0 Å². The molecule has 0 saturated carbocycles. The smallest absolute Gasteiger partial charge is 0.189 e. The largest absolute Gasteiger partial charge is 0.465 e. The van der Waals surface area contributed by atoms with Crippen molar-refractivity contribution in [3.63, 3.8) is 0 Å². The maximum absolute atomic E-state index is 5.66. The third-order valence-electron chi connectivity index (χ3n) is 2.64. The van der Waals surface area contributed by atoms with E-state index in [2.05, 4.69) is 19.6 Å². The molecule has 0 unspecified atom stereocenters. The lowest BCUT2D eigenvalue weighted by Crippen LogP contribution is -2.22. The summed E-state index contributed by atoms with van der Waals surface area (Å²) in [7, 11) is 3.01. The van der Waals surface area contributed by atoms with E-state index in [-0.39, 0.29) is 0 Å². The van der Waals surface area contributed by atoms with Crippen LogP contribution in [0.25, 0.3) is 0 Å². The van der Waals surface area contributed by atoms with Gasteiger partial charge in [-0.25, -0.2) is 0 Å². The highest BCUT2D eigenvalue weighted by Crippen LogP contribution is 2.25. The first-order valence-electron chi connectivity index (χ1n) is 6.37. The van der Waals surface area contributed by atoms with Crippen molar-refractivity contribution in [1.29, 1.82) is 0 Å². The van der Waals surface area contributed by atoms with Crippen molar-refractivity contribution in [3.05, 3.63) is 24.3 Å². The van der Waals surface area contributed by atoms with E-state index in [1.54, 1.807) is 0 Å². The molecular weight excluding hydrogens is 242 g/mol. The summed E-state index contributed by atoms with van der Waals surface area (Å²) in [5.41, 5.74) is 1.08. The summed E-state index contributed by atoms with van der Waals surface area (Å²) in [6.45, 7) is 8.16. The zero-order valence-electron chi connectivity index (χ0n) is 12.2. The van der Waals surface area contributed by atoms with Crippen molar-refractivity contribution in [2.45, 2.75) is 25.7 Å². The Labute approximate surface area is 112 Å². The topological polar surface area (TPSA) is 21.7 Å². The Morgan fingerprint density at radius 2 is 1.78 bits per heavy atom. The van der Waals surface area contributed by atoms with Gasteiger partial charge in [0.2, 0.25) is 0 Å². The Hall–Kier alpha value is -1.00. The first-order chi connectivity index (χ1) is 8.40. The van der Waals surface area contributed by atoms with Gasteiger partial charge >= 0.3 is 0 Å². The van der Waals surface area contributed by atoms with E-state index < -0.39 is 8.07 Å². The van der Waals surface area contributed by atoms with Crippen molar-refractivity contribution >= 4 is 13.8 Å². The minimum atomic E-state index is -1.00. The molecule has 18 heavy (non-hydrogen) atoms. The number of rotatable bonds is 7. The van der Waals surface area contributed by atoms with Crippen molar-refractivity contribution in [2.75, 3.05) is 32.4 Å². The monoisotopic (exact) mass is 267 g/mol. The highest BCUT2D eigenvalue weighted by molar-refractivity contribution is 6.76. The number of hydrogen-bond donors (Lipinski definition) is 0. The molecule has 3 nitrogen and oxygen atoms in total. The van der Waals surface area contributed by atoms with Crippen LogP contribution in [0, 0.1) is 0 Å². The average Bonchev–Trinajstić information content (AvgIpc) is 2.27. The van der Waals surface area contributed by atoms with Crippen LogP contribution in [0.3, 0.4) is 0 Å². The first-order valence-corrected chi connectivity index (χ1v) is 10.1. The zero-order valence-corrected chi connectivity index (χ0v) is 13.2. The Morgan fingerprint density at radius 3 is 2.39 bits per heavy atom. The van der Waals surface area contributed by atoms with Gasteiger partial charge in [-0.1, -0.05) is 31.8 Å². The number of hydrogen-bond acceptors (Lipinski definition) is 3. The molecule has 0 saturated heterocycles. The summed E-state index contributed by atoms with van der Waals surface area (Å²) < 4.78 is 11.2. The Balaban J connectivity index is 2.36. The molecule has 0 aliphatic rings. The molecule has 1 rings (SSSR count). The van der Waals surface area contributed by atoms with E-state index in [1.807, 2.05) is 43.3 Å². The average molecular weight is 267 g/mol. The molecule has 0 aliphatic heterocycles. The summed E-state index contributed by atoms with van der Waals surface area (Å²) in [4.78, 5) is 2.04. The number of benzene rings is 1. The molecule has 0 atom stereocenters. The molecule has 0 aromatic heterocycles. The molecule has 4 heteroatoms. The number of nitrogens with zero attached hydrogens (tertiary/aromatic N) is 1. The number of ether oxygens (including phenoxy) is 2. The van der Waals surface area contributed by atoms with Gasteiger partial charge in [0.05, 0.1) is 5.69 Å². The number of anilines is 1. The number of para-hydroxylation sites is 2. The summed E-state index contributed by atoms with van der Waals surface area (Å²) in [5.74, 6) is 0.871. The van der Waals surface area contributed by atoms with E-state index in [4.69, 9.17) is 9.47 Å². The van der Waals surface area contributed by atoms with Crippen LogP contribution >= 0.6 is 0 Å². The van der Waals surface area contributed by atoms with Gasteiger partial charge in [0, 0.05) is 28.8 Å². The fourth-order valence-corrected chi connectivity index (χ4v) is 2.25. The van der Waals surface area contributed by atoms with Gasteiger partial charge in [0.1, 0.15) is 5.75 Å². The van der Waals surface area contributed by atoms with E-state index in [0.29, 0.717) is 6.79 Å². The lowest BCUT2D eigenvalue weighted by molar-refractivity contribution is 0.0223. The molecule has 0 spiro atoms. The van der Waals surface area contributed by atoms with E-state index in [0.717, 1.165) is 18.0 Å². The van der Waals surface area contributed by atoms with Gasteiger partial charge in [0.25, 0.3) is 0 Å². The van der Waals surface area contributed by atoms with Gasteiger partial charge in [-0.2, -0.15) is 0 Å². The summed E-state index contributed by atoms with van der Waals surface area (Å²) >= 11 is 0. The van der Waals surface area contributed by atoms with Gasteiger partial charge in [0.15, 0.2) is 6.79 Å². The second-order valence-electron chi connectivity index (χ2n) is 5.84. The standard InChI is InChI=1S/C14H25NO2Si/c1-15(2)13-8-6-7-9-14(13)17-12-16-10-11-18(3,4)5/h6-9H,10-12H2,1-5H3. The Bertz CT molecular complexity index is 361. The summed E-state index contributed by atoms with van der Waals surface area (Å²) in [6, 6.07) is 9.17. The van der Waals surface area contributed by atoms with Gasteiger partial charge in [-0.15, -0.1) is 0 Å². The molecule has 1 aromatic rings. The molecular formula is C14H25NO2Si. The lowest BCUT2D eigenvalue weighted by atomic mass is 10.3. The minimum Gasteiger partial charge on any atom is -0.465 e. The van der Waals surface area contributed by atoms with Crippen molar-refractivity contribution in [2.24, 2.45) is 0 Å². The van der Waals surface area contributed by atoms with Gasteiger partial charge in [-0.3, -0.25) is 0 Å². The van der Waals surface area contributed by atoms with E-state index in [9.17, 15) is 0 Å². The van der Waals surface area contributed by atoms with E-state index >= 15 is 0 Å². The molecule has 102 valence electrons. The predicted molar refractivity (Wildman–Crippen MR) is 80.4 cm³/mol. The zero-order chi connectivity index (χ0) is 13.6. The molecule has 0 aliphatic carbocycles. The normalized spacial score (nSPS) is 11.4. The van der Waals surface area contributed by atoms with Gasteiger partial charge < -0.3 is 14.4 Å². The van der Waals surface area contributed by atoms with Crippen LogP contribution in [-0.2, 0) is 4.74 Å². The first kappa shape index (κ1) is 15.1. The van der Waals surface area contributed by atoms with Crippen LogP contribution < -0.4 is 9.64 Å². The third kappa shape index (κ3) is 5.56. The second-order valence-corrected chi connectivity index (χ2v) is 11.5. The van der Waals surface area contributed by atoms with Crippen LogP contribution in [0.4, 0.5) is 5.69 Å². The molecule has 0 amide bonds. The Morgan fingerprint density at radius 1 is 1.11 bits per heavy atom. The van der Waals surface area contributed by atoms with Crippen LogP contribution in [0.2, 0.25) is 25.7 Å². The summed E-state index contributed by atoms with van der Waals surface area (Å²) in [5, 5.41) is 0. The fourth-order valence-electron chi connectivity index (χ4n) is 1.49. The quantitative estimate of drug-likeness (QED) is 0.429. The fraction of sp³-hybridized carbons (Fsp3) is 0.571. The molecule has 0 fully saturated rings. The lowest BCUT2D eigenvalue weighted by Gasteiger charge is -2.18. The molecule has 0 bridgehead atoms. The Kier molecular flexibility index (Phi) is 5.69. The summed E-state index contributed by atoms with van der Waals surface area (Å²) in [6.07, 6.45) is 0.